The quantitative estimate of drug-likeness (QED) is 0.418. The van der Waals surface area contributed by atoms with E-state index in [4.69, 9.17) is 11.6 Å². The van der Waals surface area contributed by atoms with Crippen molar-refractivity contribution >= 4 is 39.1 Å². The Kier molecular flexibility index (Phi) is 9.34. The first-order valence-corrected chi connectivity index (χ1v) is 14.1. The number of hydrogen-bond acceptors (Lipinski definition) is 4. The fourth-order valence-corrected chi connectivity index (χ4v) is 5.20. The monoisotopic (exact) mass is 541 g/mol. The molecule has 0 bridgehead atoms. The second kappa shape index (κ2) is 12.3. The highest BCUT2D eigenvalue weighted by Gasteiger charge is 2.33. The number of anilines is 1. The minimum atomic E-state index is -3.85. The summed E-state index contributed by atoms with van der Waals surface area (Å²) in [7, 11) is -2.33. The molecule has 2 amide bonds. The zero-order chi connectivity index (χ0) is 27.2. The zero-order valence-corrected chi connectivity index (χ0v) is 23.0. The molecule has 196 valence electrons. The summed E-state index contributed by atoms with van der Waals surface area (Å²) in [5.74, 6) is -0.840. The van der Waals surface area contributed by atoms with Crippen LogP contribution in [0.4, 0.5) is 5.69 Å². The van der Waals surface area contributed by atoms with Crippen molar-refractivity contribution in [2.45, 2.75) is 32.9 Å². The van der Waals surface area contributed by atoms with Gasteiger partial charge in [0.05, 0.1) is 11.9 Å². The lowest BCUT2D eigenvalue weighted by atomic mass is 10.0. The molecule has 0 aliphatic carbocycles. The van der Waals surface area contributed by atoms with Crippen LogP contribution in [-0.2, 0) is 32.6 Å². The molecule has 3 rings (SSSR count). The first kappa shape index (κ1) is 28.2. The SMILES string of the molecule is CNC(=O)C(Cc1ccccc1)N(Cc1ccccc1C)C(=O)CN(c1cc(Cl)ccc1C)S(C)(=O)=O. The third kappa shape index (κ3) is 7.33. The van der Waals surface area contributed by atoms with Crippen molar-refractivity contribution in [3.05, 3.63) is 100 Å². The summed E-state index contributed by atoms with van der Waals surface area (Å²) < 4.78 is 26.7. The molecule has 0 radical (unpaired) electrons. The maximum atomic E-state index is 13.9. The van der Waals surface area contributed by atoms with Crippen LogP contribution in [0.2, 0.25) is 5.02 Å². The van der Waals surface area contributed by atoms with Gasteiger partial charge in [0.2, 0.25) is 21.8 Å². The van der Waals surface area contributed by atoms with E-state index in [1.165, 1.54) is 18.0 Å². The summed E-state index contributed by atoms with van der Waals surface area (Å²) in [6.07, 6.45) is 1.32. The molecule has 1 N–H and O–H groups in total. The van der Waals surface area contributed by atoms with Gasteiger partial charge in [-0.3, -0.25) is 13.9 Å². The average Bonchev–Trinajstić information content (AvgIpc) is 2.86. The van der Waals surface area contributed by atoms with E-state index in [-0.39, 0.29) is 18.9 Å². The van der Waals surface area contributed by atoms with Gasteiger partial charge in [0, 0.05) is 25.0 Å². The Labute approximate surface area is 224 Å². The smallest absolute Gasteiger partial charge is 0.244 e. The van der Waals surface area contributed by atoms with Crippen LogP contribution in [0.25, 0.3) is 0 Å². The number of nitrogens with zero attached hydrogens (tertiary/aromatic N) is 2. The third-order valence-electron chi connectivity index (χ3n) is 6.24. The van der Waals surface area contributed by atoms with E-state index in [0.29, 0.717) is 16.3 Å². The number of likely N-dealkylation sites (N-methyl/N-ethyl adjacent to an activating group) is 1. The topological polar surface area (TPSA) is 86.8 Å². The Morgan fingerprint density at radius 2 is 1.59 bits per heavy atom. The van der Waals surface area contributed by atoms with Crippen molar-refractivity contribution in [2.75, 3.05) is 24.2 Å². The van der Waals surface area contributed by atoms with Crippen LogP contribution in [0.3, 0.4) is 0 Å². The molecule has 3 aromatic carbocycles. The maximum Gasteiger partial charge on any atom is 0.244 e. The fraction of sp³-hybridized carbons (Fsp3) is 0.286. The largest absolute Gasteiger partial charge is 0.357 e. The molecule has 0 spiro atoms. The highest BCUT2D eigenvalue weighted by Crippen LogP contribution is 2.27. The summed E-state index contributed by atoms with van der Waals surface area (Å²) in [6.45, 7) is 3.35. The van der Waals surface area contributed by atoms with Crippen molar-refractivity contribution < 1.29 is 18.0 Å². The summed E-state index contributed by atoms with van der Waals surface area (Å²) in [6, 6.07) is 21.0. The van der Waals surface area contributed by atoms with Gasteiger partial charge in [-0.1, -0.05) is 72.3 Å². The highest BCUT2D eigenvalue weighted by atomic mass is 35.5. The minimum Gasteiger partial charge on any atom is -0.357 e. The Morgan fingerprint density at radius 3 is 2.22 bits per heavy atom. The number of benzene rings is 3. The van der Waals surface area contributed by atoms with Gasteiger partial charge < -0.3 is 10.2 Å². The average molecular weight is 542 g/mol. The van der Waals surface area contributed by atoms with Gasteiger partial charge in [0.1, 0.15) is 12.6 Å². The van der Waals surface area contributed by atoms with Gasteiger partial charge in [-0.15, -0.1) is 0 Å². The molecule has 37 heavy (non-hydrogen) atoms. The predicted octanol–water partition coefficient (Wildman–Crippen LogP) is 4.11. The van der Waals surface area contributed by atoms with Crippen molar-refractivity contribution in [3.63, 3.8) is 0 Å². The van der Waals surface area contributed by atoms with E-state index < -0.39 is 28.5 Å². The lowest BCUT2D eigenvalue weighted by Gasteiger charge is -2.34. The standard InChI is InChI=1S/C28H32ClN3O4S/c1-20-10-8-9-13-23(20)18-31(26(28(34)30-3)16-22-11-6-5-7-12-22)27(33)19-32(37(4,35)36)25-17-24(29)15-14-21(25)2/h5-15,17,26H,16,18-19H2,1-4H3,(H,30,34). The lowest BCUT2D eigenvalue weighted by molar-refractivity contribution is -0.139. The molecule has 0 aliphatic heterocycles. The number of sulfonamides is 1. The number of halogens is 1. The Bertz CT molecular complexity index is 1360. The van der Waals surface area contributed by atoms with Gasteiger partial charge in [-0.05, 0) is 48.2 Å². The molecule has 3 aromatic rings. The van der Waals surface area contributed by atoms with Gasteiger partial charge in [0.15, 0.2) is 0 Å². The first-order valence-electron chi connectivity index (χ1n) is 11.8. The maximum absolute atomic E-state index is 13.9. The molecular formula is C28H32ClN3O4S. The minimum absolute atomic E-state index is 0.141. The van der Waals surface area contributed by atoms with Crippen LogP contribution in [0.15, 0.2) is 72.8 Å². The van der Waals surface area contributed by atoms with E-state index in [9.17, 15) is 18.0 Å². The Balaban J connectivity index is 2.07. The van der Waals surface area contributed by atoms with Crippen molar-refractivity contribution in [1.29, 1.82) is 0 Å². The normalized spacial score (nSPS) is 12.0. The lowest BCUT2D eigenvalue weighted by Crippen LogP contribution is -2.53. The molecule has 1 atom stereocenters. The van der Waals surface area contributed by atoms with Gasteiger partial charge in [-0.2, -0.15) is 0 Å². The van der Waals surface area contributed by atoms with E-state index in [1.807, 2.05) is 61.5 Å². The molecule has 0 aliphatic rings. The van der Waals surface area contributed by atoms with Crippen LogP contribution in [0, 0.1) is 13.8 Å². The molecule has 7 nitrogen and oxygen atoms in total. The second-order valence-electron chi connectivity index (χ2n) is 8.97. The first-order chi connectivity index (χ1) is 17.5. The second-order valence-corrected chi connectivity index (χ2v) is 11.3. The third-order valence-corrected chi connectivity index (χ3v) is 7.60. The molecule has 0 heterocycles. The number of nitrogens with one attached hydrogen (secondary N) is 1. The molecule has 0 aromatic heterocycles. The number of amides is 2. The summed E-state index contributed by atoms with van der Waals surface area (Å²) >= 11 is 6.17. The van der Waals surface area contributed by atoms with Crippen molar-refractivity contribution in [3.8, 4) is 0 Å². The van der Waals surface area contributed by atoms with Crippen LogP contribution < -0.4 is 9.62 Å². The number of aryl methyl sites for hydroxylation is 2. The molecule has 0 fully saturated rings. The van der Waals surface area contributed by atoms with Gasteiger partial charge in [0.25, 0.3) is 0 Å². The molecular weight excluding hydrogens is 510 g/mol. The number of rotatable bonds is 10. The zero-order valence-electron chi connectivity index (χ0n) is 21.4. The highest BCUT2D eigenvalue weighted by molar-refractivity contribution is 7.92. The van der Waals surface area contributed by atoms with Crippen molar-refractivity contribution in [1.82, 2.24) is 10.2 Å². The predicted molar refractivity (Wildman–Crippen MR) is 148 cm³/mol. The van der Waals surface area contributed by atoms with E-state index in [0.717, 1.165) is 27.3 Å². The number of carbonyl (C=O) groups excluding carboxylic acids is 2. The fourth-order valence-electron chi connectivity index (χ4n) is 4.14. The van der Waals surface area contributed by atoms with Gasteiger partial charge >= 0.3 is 0 Å². The number of carbonyl (C=O) groups is 2. The summed E-state index contributed by atoms with van der Waals surface area (Å²) in [5, 5.41) is 3.02. The van der Waals surface area contributed by atoms with E-state index in [1.54, 1.807) is 19.1 Å². The Morgan fingerprint density at radius 1 is 0.946 bits per heavy atom. The molecule has 1 unspecified atom stereocenters. The van der Waals surface area contributed by atoms with Crippen molar-refractivity contribution in [2.24, 2.45) is 0 Å². The van der Waals surface area contributed by atoms with Crippen LogP contribution >= 0.6 is 11.6 Å². The summed E-state index contributed by atoms with van der Waals surface area (Å²) in [4.78, 5) is 28.5. The Hall–Kier alpha value is -3.36. The van der Waals surface area contributed by atoms with Crippen LogP contribution in [0.1, 0.15) is 22.3 Å². The molecule has 9 heteroatoms. The van der Waals surface area contributed by atoms with E-state index >= 15 is 0 Å². The van der Waals surface area contributed by atoms with E-state index in [2.05, 4.69) is 5.32 Å². The van der Waals surface area contributed by atoms with Gasteiger partial charge in [-0.25, -0.2) is 8.42 Å². The molecule has 0 saturated heterocycles. The van der Waals surface area contributed by atoms with Crippen LogP contribution in [0.5, 0.6) is 0 Å². The number of hydrogen-bond donors (Lipinski definition) is 1. The summed E-state index contributed by atoms with van der Waals surface area (Å²) in [5.41, 5.74) is 3.67. The molecule has 0 saturated carbocycles. The van der Waals surface area contributed by atoms with Crippen LogP contribution in [-0.4, -0.2) is 51.0 Å².